The first-order chi connectivity index (χ1) is 9.35. The molecular formula is C10H10N8S. The summed E-state index contributed by atoms with van der Waals surface area (Å²) in [6.07, 6.45) is 5.31. The first kappa shape index (κ1) is 11.7. The first-order valence-electron chi connectivity index (χ1n) is 5.51. The minimum atomic E-state index is 0.434. The van der Waals surface area contributed by atoms with Crippen molar-refractivity contribution in [1.29, 1.82) is 0 Å². The number of hydrogen-bond donors (Lipinski definition) is 1. The number of aromatic nitrogens is 7. The third kappa shape index (κ3) is 2.55. The summed E-state index contributed by atoms with van der Waals surface area (Å²) >= 11 is 1.57. The Balaban J connectivity index is 1.98. The van der Waals surface area contributed by atoms with Gasteiger partial charge in [0.15, 0.2) is 0 Å². The molecule has 9 heteroatoms. The predicted molar refractivity (Wildman–Crippen MR) is 69.2 cm³/mol. The fourth-order valence-electron chi connectivity index (χ4n) is 1.49. The SMILES string of the molecule is CNc1nc(Cc2nccs2)nc(-n2cncn2)n1. The fraction of sp³-hybridized carbons (Fsp3) is 0.200. The van der Waals surface area contributed by atoms with Crippen LogP contribution in [0.4, 0.5) is 5.95 Å². The predicted octanol–water partition coefficient (Wildman–Crippen LogP) is 0.541. The Morgan fingerprint density at radius 1 is 1.32 bits per heavy atom. The van der Waals surface area contributed by atoms with Gasteiger partial charge in [0.05, 0.1) is 6.42 Å². The number of hydrogen-bond acceptors (Lipinski definition) is 8. The van der Waals surface area contributed by atoms with E-state index in [1.807, 2.05) is 5.38 Å². The van der Waals surface area contributed by atoms with Crippen LogP contribution in [-0.2, 0) is 6.42 Å². The van der Waals surface area contributed by atoms with E-state index in [0.29, 0.717) is 24.1 Å². The monoisotopic (exact) mass is 274 g/mol. The van der Waals surface area contributed by atoms with Crippen molar-refractivity contribution in [1.82, 2.24) is 34.7 Å². The molecule has 0 aliphatic carbocycles. The molecule has 3 rings (SSSR count). The van der Waals surface area contributed by atoms with Crippen molar-refractivity contribution in [2.45, 2.75) is 6.42 Å². The smallest absolute Gasteiger partial charge is 0.257 e. The maximum Gasteiger partial charge on any atom is 0.257 e. The van der Waals surface area contributed by atoms with E-state index in [1.54, 1.807) is 30.9 Å². The lowest BCUT2D eigenvalue weighted by Gasteiger charge is -2.05. The highest BCUT2D eigenvalue weighted by molar-refractivity contribution is 7.09. The quantitative estimate of drug-likeness (QED) is 0.742. The van der Waals surface area contributed by atoms with Crippen molar-refractivity contribution >= 4 is 17.3 Å². The third-order valence-electron chi connectivity index (χ3n) is 2.31. The fourth-order valence-corrected chi connectivity index (χ4v) is 2.10. The van der Waals surface area contributed by atoms with Crippen LogP contribution in [0.25, 0.3) is 5.95 Å². The van der Waals surface area contributed by atoms with Crippen molar-refractivity contribution in [2.75, 3.05) is 12.4 Å². The number of thiazole rings is 1. The average molecular weight is 274 g/mol. The van der Waals surface area contributed by atoms with E-state index in [4.69, 9.17) is 0 Å². The van der Waals surface area contributed by atoms with Crippen molar-refractivity contribution in [3.8, 4) is 5.95 Å². The van der Waals surface area contributed by atoms with Gasteiger partial charge in [-0.2, -0.15) is 24.7 Å². The Morgan fingerprint density at radius 3 is 2.95 bits per heavy atom. The molecule has 0 aliphatic rings. The molecule has 0 spiro atoms. The van der Waals surface area contributed by atoms with Crippen LogP contribution in [0.15, 0.2) is 24.2 Å². The van der Waals surface area contributed by atoms with Gasteiger partial charge in [0, 0.05) is 18.6 Å². The highest BCUT2D eigenvalue weighted by Crippen LogP contribution is 2.11. The zero-order valence-corrected chi connectivity index (χ0v) is 10.9. The topological polar surface area (TPSA) is 94.3 Å². The average Bonchev–Trinajstić information content (AvgIpc) is 3.11. The van der Waals surface area contributed by atoms with Crippen LogP contribution in [-0.4, -0.2) is 41.7 Å². The highest BCUT2D eigenvalue weighted by Gasteiger charge is 2.09. The van der Waals surface area contributed by atoms with E-state index >= 15 is 0 Å². The third-order valence-corrected chi connectivity index (χ3v) is 3.09. The highest BCUT2D eigenvalue weighted by atomic mass is 32.1. The summed E-state index contributed by atoms with van der Waals surface area (Å²) in [6, 6.07) is 0. The van der Waals surface area contributed by atoms with Gasteiger partial charge in [-0.15, -0.1) is 11.3 Å². The summed E-state index contributed by atoms with van der Waals surface area (Å²) in [7, 11) is 1.76. The van der Waals surface area contributed by atoms with Crippen LogP contribution in [0.2, 0.25) is 0 Å². The molecule has 0 unspecified atom stereocenters. The second kappa shape index (κ2) is 5.06. The second-order valence-corrected chi connectivity index (χ2v) is 4.55. The van der Waals surface area contributed by atoms with E-state index < -0.39 is 0 Å². The Labute approximate surface area is 112 Å². The van der Waals surface area contributed by atoms with Crippen molar-refractivity contribution in [2.24, 2.45) is 0 Å². The summed E-state index contributed by atoms with van der Waals surface area (Å²) in [5, 5.41) is 9.80. The van der Waals surface area contributed by atoms with Crippen LogP contribution in [0.1, 0.15) is 10.8 Å². The normalized spacial score (nSPS) is 10.6. The molecule has 0 aliphatic heterocycles. The van der Waals surface area contributed by atoms with Gasteiger partial charge in [-0.25, -0.2) is 9.97 Å². The van der Waals surface area contributed by atoms with Crippen molar-refractivity contribution < 1.29 is 0 Å². The van der Waals surface area contributed by atoms with Crippen LogP contribution in [0.3, 0.4) is 0 Å². The molecular weight excluding hydrogens is 264 g/mol. The maximum absolute atomic E-state index is 4.36. The first-order valence-corrected chi connectivity index (χ1v) is 6.39. The summed E-state index contributed by atoms with van der Waals surface area (Å²) in [5.74, 6) is 1.57. The summed E-state index contributed by atoms with van der Waals surface area (Å²) in [4.78, 5) is 21.0. The molecule has 0 amide bonds. The Hall–Kier alpha value is -2.42. The molecule has 3 aromatic heterocycles. The number of rotatable bonds is 4. The lowest BCUT2D eigenvalue weighted by atomic mass is 10.4. The molecule has 96 valence electrons. The van der Waals surface area contributed by atoms with Gasteiger partial charge in [-0.1, -0.05) is 0 Å². The maximum atomic E-state index is 4.36. The summed E-state index contributed by atoms with van der Waals surface area (Å²) in [6.45, 7) is 0. The van der Waals surface area contributed by atoms with Gasteiger partial charge >= 0.3 is 0 Å². The molecule has 0 aromatic carbocycles. The molecule has 0 atom stereocenters. The zero-order chi connectivity index (χ0) is 13.1. The number of anilines is 1. The number of nitrogens with zero attached hydrogens (tertiary/aromatic N) is 7. The van der Waals surface area contributed by atoms with E-state index in [-0.39, 0.29) is 0 Å². The lowest BCUT2D eigenvalue weighted by molar-refractivity contribution is 0.773. The number of nitrogens with one attached hydrogen (secondary N) is 1. The van der Waals surface area contributed by atoms with Gasteiger partial charge in [-0.3, -0.25) is 0 Å². The zero-order valence-electron chi connectivity index (χ0n) is 10.1. The van der Waals surface area contributed by atoms with Crippen molar-refractivity contribution in [3.05, 3.63) is 35.1 Å². The van der Waals surface area contributed by atoms with E-state index in [2.05, 4.69) is 35.3 Å². The molecule has 0 radical (unpaired) electrons. The molecule has 3 aromatic rings. The van der Waals surface area contributed by atoms with Crippen LogP contribution < -0.4 is 5.32 Å². The molecule has 0 fully saturated rings. The van der Waals surface area contributed by atoms with E-state index in [1.165, 1.54) is 11.0 Å². The van der Waals surface area contributed by atoms with Gasteiger partial charge in [0.2, 0.25) is 5.95 Å². The van der Waals surface area contributed by atoms with Gasteiger partial charge in [-0.05, 0) is 0 Å². The molecule has 0 bridgehead atoms. The molecule has 1 N–H and O–H groups in total. The van der Waals surface area contributed by atoms with E-state index in [9.17, 15) is 0 Å². The second-order valence-electron chi connectivity index (χ2n) is 3.57. The standard InChI is InChI=1S/C10H10N8S/c1-11-9-15-7(4-8-13-2-3-19-8)16-10(17-9)18-6-12-5-14-18/h2-3,5-6H,4H2,1H3,(H,11,15,16,17). The minimum Gasteiger partial charge on any atom is -0.357 e. The summed E-state index contributed by atoms with van der Waals surface area (Å²) < 4.78 is 1.49. The minimum absolute atomic E-state index is 0.434. The van der Waals surface area contributed by atoms with Crippen LogP contribution in [0, 0.1) is 0 Å². The van der Waals surface area contributed by atoms with Crippen molar-refractivity contribution in [3.63, 3.8) is 0 Å². The molecule has 0 saturated heterocycles. The van der Waals surface area contributed by atoms with Gasteiger partial charge in [0.25, 0.3) is 5.95 Å². The van der Waals surface area contributed by atoms with Crippen LogP contribution in [0.5, 0.6) is 0 Å². The lowest BCUT2D eigenvalue weighted by Crippen LogP contribution is -2.10. The van der Waals surface area contributed by atoms with Gasteiger partial charge in [0.1, 0.15) is 23.5 Å². The molecule has 19 heavy (non-hydrogen) atoms. The molecule has 0 saturated carbocycles. The molecule has 8 nitrogen and oxygen atoms in total. The van der Waals surface area contributed by atoms with E-state index in [0.717, 1.165) is 5.01 Å². The Bertz CT molecular complexity index is 648. The Morgan fingerprint density at radius 2 is 2.26 bits per heavy atom. The Kier molecular flexibility index (Phi) is 3.11. The largest absolute Gasteiger partial charge is 0.357 e. The van der Waals surface area contributed by atoms with Gasteiger partial charge < -0.3 is 5.32 Å². The summed E-state index contributed by atoms with van der Waals surface area (Å²) in [5.41, 5.74) is 0. The van der Waals surface area contributed by atoms with Crippen LogP contribution >= 0.6 is 11.3 Å². The molecule has 3 heterocycles.